The molecule has 0 aromatic heterocycles. The van der Waals surface area contributed by atoms with E-state index in [1.165, 1.54) is 0 Å². The fourth-order valence-corrected chi connectivity index (χ4v) is 3.64. The smallest absolute Gasteiger partial charge is 0.120 e. The first-order valence-electron chi connectivity index (χ1n) is 10.2. The number of piperidine rings is 1. The van der Waals surface area contributed by atoms with Crippen molar-refractivity contribution in [1.82, 2.24) is 10.2 Å². The highest BCUT2D eigenvalue weighted by atomic mass is 35.5. The standard InChI is InChI=1S/C24H31ClN4/c1-3-4-5-6-7-10-19(2)28-20-15-17-29(18-16-20)24(27)14-13-23(26)21-11-8-9-12-22(21)25/h1,8-9,11-14,20,26-28H,2,4-7,10,15-18H2/b14-13-,26-23?,27-24?. The van der Waals surface area contributed by atoms with E-state index in [1.54, 1.807) is 18.2 Å². The molecule has 0 atom stereocenters. The maximum Gasteiger partial charge on any atom is 0.120 e. The molecule has 1 heterocycles. The molecule has 154 valence electrons. The molecule has 0 amide bonds. The first-order chi connectivity index (χ1) is 14.0. The highest BCUT2D eigenvalue weighted by molar-refractivity contribution is 6.34. The van der Waals surface area contributed by atoms with E-state index in [4.69, 9.17) is 28.8 Å². The van der Waals surface area contributed by atoms with Crippen molar-refractivity contribution in [2.75, 3.05) is 13.1 Å². The lowest BCUT2D eigenvalue weighted by atomic mass is 10.0. The summed E-state index contributed by atoms with van der Waals surface area (Å²) >= 11 is 6.13. The van der Waals surface area contributed by atoms with Crippen LogP contribution in [0.25, 0.3) is 0 Å². The Morgan fingerprint density at radius 3 is 2.62 bits per heavy atom. The van der Waals surface area contributed by atoms with Crippen molar-refractivity contribution >= 4 is 23.1 Å². The van der Waals surface area contributed by atoms with Crippen LogP contribution < -0.4 is 5.32 Å². The fraction of sp³-hybridized carbons (Fsp3) is 0.417. The molecular weight excluding hydrogens is 380 g/mol. The van der Waals surface area contributed by atoms with Crippen LogP contribution >= 0.6 is 11.6 Å². The van der Waals surface area contributed by atoms with E-state index in [-0.39, 0.29) is 0 Å². The Labute approximate surface area is 180 Å². The van der Waals surface area contributed by atoms with Gasteiger partial charge in [-0.3, -0.25) is 5.41 Å². The summed E-state index contributed by atoms with van der Waals surface area (Å²) in [7, 11) is 0. The quantitative estimate of drug-likeness (QED) is 0.209. The van der Waals surface area contributed by atoms with Crippen LogP contribution in [0.1, 0.15) is 50.5 Å². The number of allylic oxidation sites excluding steroid dienone is 2. The Bertz CT molecular complexity index is 782. The number of nitrogens with zero attached hydrogens (tertiary/aromatic N) is 1. The first-order valence-corrected chi connectivity index (χ1v) is 10.6. The van der Waals surface area contributed by atoms with Gasteiger partial charge in [0, 0.05) is 41.8 Å². The van der Waals surface area contributed by atoms with Crippen molar-refractivity contribution in [2.24, 2.45) is 0 Å². The third-order valence-electron chi connectivity index (χ3n) is 5.12. The molecule has 29 heavy (non-hydrogen) atoms. The van der Waals surface area contributed by atoms with Gasteiger partial charge in [0.05, 0.1) is 5.71 Å². The first kappa shape index (κ1) is 22.8. The Balaban J connectivity index is 1.71. The van der Waals surface area contributed by atoms with Crippen LogP contribution in [0.15, 0.2) is 48.7 Å². The number of hydrogen-bond acceptors (Lipinski definition) is 3. The van der Waals surface area contributed by atoms with Crippen molar-refractivity contribution in [3.8, 4) is 12.3 Å². The van der Waals surface area contributed by atoms with Crippen molar-refractivity contribution in [2.45, 2.75) is 51.0 Å². The molecule has 1 fully saturated rings. The summed E-state index contributed by atoms with van der Waals surface area (Å²) in [5.74, 6) is 3.12. The zero-order valence-electron chi connectivity index (χ0n) is 17.0. The van der Waals surface area contributed by atoms with Gasteiger partial charge >= 0.3 is 0 Å². The predicted octanol–water partition coefficient (Wildman–Crippen LogP) is 5.39. The van der Waals surface area contributed by atoms with Crippen molar-refractivity contribution in [1.29, 1.82) is 10.8 Å². The maximum atomic E-state index is 8.30. The van der Waals surface area contributed by atoms with Crippen LogP contribution in [0.2, 0.25) is 5.02 Å². The van der Waals surface area contributed by atoms with Crippen LogP contribution in [-0.4, -0.2) is 35.6 Å². The Morgan fingerprint density at radius 2 is 1.93 bits per heavy atom. The molecule has 1 aliphatic rings. The highest BCUT2D eigenvalue weighted by Crippen LogP contribution is 2.17. The summed E-state index contributed by atoms with van der Waals surface area (Å²) in [6.07, 6.45) is 15.8. The summed E-state index contributed by atoms with van der Waals surface area (Å²) in [6, 6.07) is 7.71. The van der Waals surface area contributed by atoms with E-state index in [2.05, 4.69) is 22.7 Å². The van der Waals surface area contributed by atoms with Gasteiger partial charge in [0.15, 0.2) is 0 Å². The summed E-state index contributed by atoms with van der Waals surface area (Å²) in [5, 5.41) is 20.6. The lowest BCUT2D eigenvalue weighted by molar-refractivity contribution is 0.291. The molecule has 1 saturated heterocycles. The lowest BCUT2D eigenvalue weighted by Gasteiger charge is -2.34. The van der Waals surface area contributed by atoms with Crippen molar-refractivity contribution in [3.63, 3.8) is 0 Å². The predicted molar refractivity (Wildman–Crippen MR) is 124 cm³/mol. The number of terminal acetylenes is 1. The summed E-state index contributed by atoms with van der Waals surface area (Å²) in [4.78, 5) is 2.05. The van der Waals surface area contributed by atoms with E-state index in [1.807, 2.05) is 18.2 Å². The molecule has 0 unspecified atom stereocenters. The van der Waals surface area contributed by atoms with E-state index >= 15 is 0 Å². The Morgan fingerprint density at radius 1 is 1.21 bits per heavy atom. The second kappa shape index (κ2) is 12.1. The van der Waals surface area contributed by atoms with Gasteiger partial charge in [-0.05, 0) is 50.3 Å². The van der Waals surface area contributed by atoms with E-state index < -0.39 is 0 Å². The van der Waals surface area contributed by atoms with Gasteiger partial charge < -0.3 is 15.6 Å². The van der Waals surface area contributed by atoms with Gasteiger partial charge in [0.2, 0.25) is 0 Å². The summed E-state index contributed by atoms with van der Waals surface area (Å²) in [6.45, 7) is 5.81. The van der Waals surface area contributed by atoms with Gasteiger partial charge in [-0.15, -0.1) is 12.3 Å². The maximum absolute atomic E-state index is 8.30. The molecule has 1 aromatic carbocycles. The van der Waals surface area contributed by atoms with E-state index in [0.29, 0.717) is 28.2 Å². The van der Waals surface area contributed by atoms with Crippen molar-refractivity contribution in [3.05, 3.63) is 59.3 Å². The number of likely N-dealkylation sites (tertiary alicyclic amines) is 1. The molecule has 0 aliphatic carbocycles. The lowest BCUT2D eigenvalue weighted by Crippen LogP contribution is -2.43. The number of rotatable bonds is 10. The zero-order chi connectivity index (χ0) is 21.1. The SMILES string of the molecule is C#CCCCCCC(=C)NC1CCN(C(=N)/C=C\C(=N)c2ccccc2Cl)CC1. The molecule has 0 spiro atoms. The number of benzene rings is 1. The molecule has 3 N–H and O–H groups in total. The number of halogens is 1. The minimum absolute atomic E-state index is 0.315. The topological polar surface area (TPSA) is 63.0 Å². The van der Waals surface area contributed by atoms with E-state index in [9.17, 15) is 0 Å². The number of unbranched alkanes of at least 4 members (excludes halogenated alkanes) is 3. The third-order valence-corrected chi connectivity index (χ3v) is 5.45. The highest BCUT2D eigenvalue weighted by Gasteiger charge is 2.20. The monoisotopic (exact) mass is 410 g/mol. The zero-order valence-corrected chi connectivity index (χ0v) is 17.8. The van der Waals surface area contributed by atoms with Gasteiger partial charge in [0.1, 0.15) is 5.84 Å². The minimum Gasteiger partial charge on any atom is -0.386 e. The molecule has 0 saturated carbocycles. The van der Waals surface area contributed by atoms with Crippen LogP contribution in [-0.2, 0) is 0 Å². The largest absolute Gasteiger partial charge is 0.386 e. The van der Waals surface area contributed by atoms with Crippen LogP contribution in [0.5, 0.6) is 0 Å². The number of hydrogen-bond donors (Lipinski definition) is 3. The molecule has 1 aliphatic heterocycles. The second-order valence-electron chi connectivity index (χ2n) is 7.39. The van der Waals surface area contributed by atoms with Crippen molar-refractivity contribution < 1.29 is 0 Å². The second-order valence-corrected chi connectivity index (χ2v) is 7.79. The molecule has 2 rings (SSSR count). The minimum atomic E-state index is 0.315. The average molecular weight is 411 g/mol. The molecule has 0 radical (unpaired) electrons. The van der Waals surface area contributed by atoms with Crippen LogP contribution in [0, 0.1) is 23.2 Å². The van der Waals surface area contributed by atoms with Gasteiger partial charge in [-0.1, -0.05) is 42.8 Å². The molecule has 0 bridgehead atoms. The number of amidine groups is 1. The molecular formula is C24H31ClN4. The van der Waals surface area contributed by atoms with Crippen LogP contribution in [0.3, 0.4) is 0 Å². The summed E-state index contributed by atoms with van der Waals surface area (Å²) in [5.41, 5.74) is 2.10. The van der Waals surface area contributed by atoms with E-state index in [0.717, 1.165) is 63.7 Å². The van der Waals surface area contributed by atoms with Crippen LogP contribution in [0.4, 0.5) is 0 Å². The fourth-order valence-electron chi connectivity index (χ4n) is 3.40. The third kappa shape index (κ3) is 7.79. The molecule has 5 heteroatoms. The normalized spacial score (nSPS) is 14.6. The van der Waals surface area contributed by atoms with Gasteiger partial charge in [0.25, 0.3) is 0 Å². The Kier molecular flexibility index (Phi) is 9.53. The average Bonchev–Trinajstić information content (AvgIpc) is 2.72. The summed E-state index contributed by atoms with van der Waals surface area (Å²) < 4.78 is 0. The molecule has 4 nitrogen and oxygen atoms in total. The number of nitrogens with one attached hydrogen (secondary N) is 3. The molecule has 1 aromatic rings. The van der Waals surface area contributed by atoms with Gasteiger partial charge in [-0.25, -0.2) is 0 Å². The van der Waals surface area contributed by atoms with Gasteiger partial charge in [-0.2, -0.15) is 0 Å². The Hall–Kier alpha value is -2.51.